The quantitative estimate of drug-likeness (QED) is 0.268. The number of methoxy groups -OCH3 is 3. The van der Waals surface area contributed by atoms with Gasteiger partial charge in [0.2, 0.25) is 0 Å². The van der Waals surface area contributed by atoms with Gasteiger partial charge in [0, 0.05) is 43.8 Å². The molecule has 0 amide bonds. The minimum Gasteiger partial charge on any atom is -0.493 e. The second kappa shape index (κ2) is 10.4. The van der Waals surface area contributed by atoms with Gasteiger partial charge in [-0.2, -0.15) is 5.26 Å². The number of H-pyrrole nitrogens is 1. The summed E-state index contributed by atoms with van der Waals surface area (Å²) in [5, 5.41) is 21.5. The Morgan fingerprint density at radius 3 is 2.71 bits per heavy atom. The van der Waals surface area contributed by atoms with Crippen molar-refractivity contribution in [2.75, 3.05) is 27.9 Å². The number of benzene rings is 1. The maximum Gasteiger partial charge on any atom is 0.272 e. The molecule has 3 heterocycles. The highest BCUT2D eigenvalue weighted by molar-refractivity contribution is 7.98. The molecule has 1 N–H and O–H groups in total. The molecule has 11 nitrogen and oxygen atoms in total. The van der Waals surface area contributed by atoms with E-state index in [2.05, 4.69) is 20.3 Å². The average Bonchev–Trinajstić information content (AvgIpc) is 3.46. The summed E-state index contributed by atoms with van der Waals surface area (Å²) in [5.41, 5.74) is 1.71. The minimum absolute atomic E-state index is 0.283. The molecule has 0 radical (unpaired) electrons. The van der Waals surface area contributed by atoms with Gasteiger partial charge in [0.15, 0.2) is 28.1 Å². The topological polar surface area (TPSA) is 132 Å². The monoisotopic (exact) mass is 481 g/mol. The zero-order chi connectivity index (χ0) is 24.1. The molecular weight excluding hydrogens is 458 g/mol. The van der Waals surface area contributed by atoms with Crippen LogP contribution in [-0.2, 0) is 17.0 Å². The van der Waals surface area contributed by atoms with E-state index >= 15 is 0 Å². The highest BCUT2D eigenvalue weighted by Gasteiger charge is 2.17. The van der Waals surface area contributed by atoms with Crippen LogP contribution in [0.2, 0.25) is 0 Å². The standard InChI is InChI=1S/C22H23N7O4S/c1-31-8-4-7-28-21(14-5-6-17(32-2)18(9-14)33-3)26-27-22(28)34-13-16-10-19(30)29-20(25-16)15(11-23)12-24-29/h5-6,9-10,12,24H,4,7-8,13H2,1-3H3. The van der Waals surface area contributed by atoms with E-state index in [-0.39, 0.29) is 5.56 Å². The Kier molecular flexibility index (Phi) is 7.15. The predicted octanol–water partition coefficient (Wildman–Crippen LogP) is 2.50. The van der Waals surface area contributed by atoms with Crippen LogP contribution in [0.3, 0.4) is 0 Å². The molecule has 0 saturated carbocycles. The van der Waals surface area contributed by atoms with E-state index in [4.69, 9.17) is 14.2 Å². The van der Waals surface area contributed by atoms with Gasteiger partial charge in [0.25, 0.3) is 5.56 Å². The van der Waals surface area contributed by atoms with Crippen LogP contribution >= 0.6 is 11.8 Å². The van der Waals surface area contributed by atoms with Gasteiger partial charge in [0.1, 0.15) is 11.6 Å². The van der Waals surface area contributed by atoms with Crippen LogP contribution in [0.1, 0.15) is 17.7 Å². The third-order valence-electron chi connectivity index (χ3n) is 5.11. The molecule has 34 heavy (non-hydrogen) atoms. The summed E-state index contributed by atoms with van der Waals surface area (Å²) in [6, 6.07) is 9.06. The van der Waals surface area contributed by atoms with E-state index in [1.807, 2.05) is 28.8 Å². The van der Waals surface area contributed by atoms with Gasteiger partial charge >= 0.3 is 0 Å². The summed E-state index contributed by atoms with van der Waals surface area (Å²) in [7, 11) is 4.83. The van der Waals surface area contributed by atoms with Gasteiger partial charge in [-0.3, -0.25) is 9.89 Å². The fourth-order valence-electron chi connectivity index (χ4n) is 3.48. The molecule has 0 saturated heterocycles. The smallest absolute Gasteiger partial charge is 0.272 e. The number of nitrogens with zero attached hydrogens (tertiary/aromatic N) is 6. The van der Waals surface area contributed by atoms with Crippen LogP contribution in [0.5, 0.6) is 11.5 Å². The summed E-state index contributed by atoms with van der Waals surface area (Å²) in [4.78, 5) is 16.9. The van der Waals surface area contributed by atoms with Crippen LogP contribution in [0.25, 0.3) is 17.0 Å². The zero-order valence-electron chi connectivity index (χ0n) is 18.9. The molecule has 0 spiro atoms. The van der Waals surface area contributed by atoms with Gasteiger partial charge in [-0.15, -0.1) is 10.2 Å². The fourth-order valence-corrected chi connectivity index (χ4v) is 4.33. The number of nitrogens with one attached hydrogen (secondary N) is 1. The van der Waals surface area contributed by atoms with Gasteiger partial charge in [-0.05, 0) is 24.6 Å². The maximum atomic E-state index is 12.4. The van der Waals surface area contributed by atoms with E-state index in [1.54, 1.807) is 21.3 Å². The number of ether oxygens (including phenoxy) is 3. The Hall–Kier alpha value is -3.82. The van der Waals surface area contributed by atoms with Crippen LogP contribution in [0.15, 0.2) is 40.4 Å². The first-order valence-electron chi connectivity index (χ1n) is 10.4. The Bertz CT molecular complexity index is 1400. The number of hydrogen-bond acceptors (Lipinski definition) is 9. The second-order valence-corrected chi connectivity index (χ2v) is 8.15. The Morgan fingerprint density at radius 1 is 1.15 bits per heavy atom. The second-order valence-electron chi connectivity index (χ2n) is 7.21. The van der Waals surface area contributed by atoms with E-state index in [9.17, 15) is 10.1 Å². The Labute approximate surface area is 199 Å². The van der Waals surface area contributed by atoms with Crippen molar-refractivity contribution in [3.63, 3.8) is 0 Å². The van der Waals surface area contributed by atoms with Crippen molar-refractivity contribution in [3.8, 4) is 29.0 Å². The lowest BCUT2D eigenvalue weighted by Crippen LogP contribution is -2.15. The molecule has 1 aromatic carbocycles. The summed E-state index contributed by atoms with van der Waals surface area (Å²) < 4.78 is 19.2. The summed E-state index contributed by atoms with van der Waals surface area (Å²) in [5.74, 6) is 2.29. The van der Waals surface area contributed by atoms with E-state index in [0.29, 0.717) is 58.3 Å². The molecule has 4 aromatic rings. The van der Waals surface area contributed by atoms with Crippen molar-refractivity contribution in [1.29, 1.82) is 5.26 Å². The van der Waals surface area contributed by atoms with E-state index < -0.39 is 0 Å². The van der Waals surface area contributed by atoms with Crippen LogP contribution in [0, 0.1) is 11.3 Å². The molecular formula is C22H23N7O4S. The fraction of sp³-hybridized carbons (Fsp3) is 0.318. The zero-order valence-corrected chi connectivity index (χ0v) is 19.8. The largest absolute Gasteiger partial charge is 0.493 e. The highest BCUT2D eigenvalue weighted by Crippen LogP contribution is 2.33. The van der Waals surface area contributed by atoms with Crippen molar-refractivity contribution in [1.82, 2.24) is 29.4 Å². The highest BCUT2D eigenvalue weighted by atomic mass is 32.2. The molecule has 0 unspecified atom stereocenters. The van der Waals surface area contributed by atoms with E-state index in [1.165, 1.54) is 28.5 Å². The lowest BCUT2D eigenvalue weighted by atomic mass is 10.2. The van der Waals surface area contributed by atoms with Crippen molar-refractivity contribution >= 4 is 17.4 Å². The molecule has 3 aromatic heterocycles. The first-order chi connectivity index (χ1) is 16.6. The summed E-state index contributed by atoms with van der Waals surface area (Å²) in [6.07, 6.45) is 2.23. The van der Waals surface area contributed by atoms with Crippen LogP contribution < -0.4 is 15.0 Å². The number of nitriles is 1. The number of thioether (sulfide) groups is 1. The van der Waals surface area contributed by atoms with Gasteiger partial charge in [0.05, 0.1) is 19.9 Å². The molecule has 4 rings (SSSR count). The van der Waals surface area contributed by atoms with Gasteiger partial charge < -0.3 is 18.8 Å². The summed E-state index contributed by atoms with van der Waals surface area (Å²) in [6.45, 7) is 1.23. The molecule has 0 aliphatic rings. The maximum absolute atomic E-state index is 12.4. The van der Waals surface area contributed by atoms with Crippen molar-refractivity contribution in [2.24, 2.45) is 0 Å². The first-order valence-corrected chi connectivity index (χ1v) is 11.4. The van der Waals surface area contributed by atoms with E-state index in [0.717, 1.165) is 12.0 Å². The summed E-state index contributed by atoms with van der Waals surface area (Å²) >= 11 is 1.41. The van der Waals surface area contributed by atoms with Gasteiger partial charge in [-0.25, -0.2) is 9.50 Å². The normalized spacial score (nSPS) is 11.0. The number of rotatable bonds is 10. The number of hydrogen-bond donors (Lipinski definition) is 1. The lowest BCUT2D eigenvalue weighted by molar-refractivity contribution is 0.189. The molecule has 0 atom stereocenters. The molecule has 0 fully saturated rings. The van der Waals surface area contributed by atoms with Crippen LogP contribution in [0.4, 0.5) is 0 Å². The molecule has 0 bridgehead atoms. The predicted molar refractivity (Wildman–Crippen MR) is 125 cm³/mol. The first kappa shape index (κ1) is 23.3. The average molecular weight is 482 g/mol. The van der Waals surface area contributed by atoms with Gasteiger partial charge in [-0.1, -0.05) is 11.8 Å². The third kappa shape index (κ3) is 4.61. The molecule has 0 aliphatic carbocycles. The molecule has 0 aliphatic heterocycles. The Morgan fingerprint density at radius 2 is 1.97 bits per heavy atom. The minimum atomic E-state index is -0.283. The van der Waals surface area contributed by atoms with Crippen molar-refractivity contribution in [2.45, 2.75) is 23.9 Å². The number of fused-ring (bicyclic) bond motifs is 1. The molecule has 12 heteroatoms. The third-order valence-corrected chi connectivity index (χ3v) is 6.11. The lowest BCUT2D eigenvalue weighted by Gasteiger charge is -2.12. The number of aromatic nitrogens is 6. The van der Waals surface area contributed by atoms with Crippen LogP contribution in [-0.4, -0.2) is 57.3 Å². The Balaban J connectivity index is 1.65. The number of aromatic amines is 1. The van der Waals surface area contributed by atoms with Crippen molar-refractivity contribution in [3.05, 3.63) is 52.1 Å². The molecule has 176 valence electrons. The SMILES string of the molecule is COCCCn1c(SCc2cc(=O)n3[nH]cc(C#N)c3n2)nnc1-c1ccc(OC)c(OC)c1. The van der Waals surface area contributed by atoms with Crippen molar-refractivity contribution < 1.29 is 14.2 Å².